The molecule has 1 fully saturated rings. The number of nitrogens with two attached hydrogens (primary N) is 1. The molecule has 0 aliphatic heterocycles. The monoisotopic (exact) mass is 477 g/mol. The van der Waals surface area contributed by atoms with Crippen molar-refractivity contribution in [2.45, 2.75) is 25.9 Å². The van der Waals surface area contributed by atoms with E-state index >= 15 is 0 Å². The van der Waals surface area contributed by atoms with Crippen LogP contribution in [-0.2, 0) is 24.3 Å². The summed E-state index contributed by atoms with van der Waals surface area (Å²) in [6.07, 6.45) is 7.73. The van der Waals surface area contributed by atoms with Crippen molar-refractivity contribution < 1.29 is 14.7 Å². The topological polar surface area (TPSA) is 97.3 Å². The molecule has 2 aliphatic rings. The van der Waals surface area contributed by atoms with Crippen LogP contribution in [0.3, 0.4) is 0 Å². The summed E-state index contributed by atoms with van der Waals surface area (Å²) in [5.41, 5.74) is 11.9. The van der Waals surface area contributed by atoms with E-state index in [9.17, 15) is 14.7 Å². The van der Waals surface area contributed by atoms with E-state index in [1.807, 2.05) is 30.3 Å². The Morgan fingerprint density at radius 2 is 1.89 bits per heavy atom. The van der Waals surface area contributed by atoms with Gasteiger partial charge in [0.15, 0.2) is 0 Å². The Labute approximate surface area is 209 Å². The number of hydrogen-bond donors (Lipinski definition) is 3. The predicted octanol–water partition coefficient (Wildman–Crippen LogP) is 5.22. The van der Waals surface area contributed by atoms with Crippen molar-refractivity contribution in [3.05, 3.63) is 102 Å². The summed E-state index contributed by atoms with van der Waals surface area (Å²) in [6.45, 7) is 1.35. The third kappa shape index (κ3) is 4.10. The Bertz CT molecular complexity index is 1540. The van der Waals surface area contributed by atoms with Gasteiger partial charge in [0.2, 0.25) is 0 Å². The van der Waals surface area contributed by atoms with Gasteiger partial charge in [0, 0.05) is 46.9 Å². The highest BCUT2D eigenvalue weighted by Gasteiger charge is 2.56. The van der Waals surface area contributed by atoms with Crippen LogP contribution in [0.15, 0.2) is 85.1 Å². The van der Waals surface area contributed by atoms with Gasteiger partial charge in [-0.3, -0.25) is 9.59 Å². The second-order valence-electron chi connectivity index (χ2n) is 9.86. The number of carboxylic acids is 1. The number of nitrogens with zero attached hydrogens (tertiary/aromatic N) is 1. The molecule has 0 radical (unpaired) electrons. The van der Waals surface area contributed by atoms with Crippen LogP contribution in [0.2, 0.25) is 0 Å². The van der Waals surface area contributed by atoms with Crippen molar-refractivity contribution in [3.63, 3.8) is 0 Å². The highest BCUT2D eigenvalue weighted by molar-refractivity contribution is 6.09. The lowest BCUT2D eigenvalue weighted by molar-refractivity contribution is -0.136. The predicted molar refractivity (Wildman–Crippen MR) is 141 cm³/mol. The van der Waals surface area contributed by atoms with E-state index in [2.05, 4.69) is 40.4 Å². The summed E-state index contributed by atoms with van der Waals surface area (Å²) in [4.78, 5) is 24.8. The molecular formula is C30H27N3O3. The zero-order chi connectivity index (χ0) is 24.9. The molecule has 6 nitrogen and oxygen atoms in total. The van der Waals surface area contributed by atoms with Crippen LogP contribution < -0.4 is 11.1 Å². The molecule has 6 heteroatoms. The van der Waals surface area contributed by atoms with Crippen LogP contribution in [0.4, 0.5) is 5.69 Å². The second kappa shape index (κ2) is 8.50. The molecule has 1 spiro atoms. The fourth-order valence-electron chi connectivity index (χ4n) is 5.20. The number of anilines is 1. The van der Waals surface area contributed by atoms with Gasteiger partial charge in [-0.2, -0.15) is 0 Å². The lowest BCUT2D eigenvalue weighted by atomic mass is 9.97. The summed E-state index contributed by atoms with van der Waals surface area (Å²) in [6, 6.07) is 21.1. The second-order valence-corrected chi connectivity index (χ2v) is 9.86. The van der Waals surface area contributed by atoms with Crippen LogP contribution in [0.5, 0.6) is 0 Å². The van der Waals surface area contributed by atoms with E-state index in [-0.39, 0.29) is 12.3 Å². The average Bonchev–Trinajstić information content (AvgIpc) is 3.77. The number of carbonyl (C=O) groups is 2. The number of fused-ring (bicyclic) bond motifs is 1. The van der Waals surface area contributed by atoms with Crippen molar-refractivity contribution in [1.29, 1.82) is 0 Å². The van der Waals surface area contributed by atoms with Gasteiger partial charge in [-0.05, 0) is 64.9 Å². The van der Waals surface area contributed by atoms with Gasteiger partial charge in [-0.15, -0.1) is 0 Å². The number of hydrogen-bond acceptors (Lipinski definition) is 3. The number of carboxylic acid groups (broad SMARTS) is 1. The summed E-state index contributed by atoms with van der Waals surface area (Å²) in [5, 5.41) is 13.3. The molecule has 4 N–H and O–H groups in total. The Hall–Kier alpha value is -4.16. The Kier molecular flexibility index (Phi) is 5.27. The third-order valence-corrected chi connectivity index (χ3v) is 7.44. The molecule has 1 saturated carbocycles. The number of allylic oxidation sites excluding steroid dienone is 2. The molecule has 0 saturated heterocycles. The van der Waals surface area contributed by atoms with Gasteiger partial charge in [0.25, 0.3) is 5.91 Å². The molecule has 1 aromatic heterocycles. The lowest BCUT2D eigenvalue weighted by Crippen LogP contribution is -2.15. The molecule has 0 bridgehead atoms. The first kappa shape index (κ1) is 22.3. The largest absolute Gasteiger partial charge is 0.481 e. The Morgan fingerprint density at radius 1 is 1.06 bits per heavy atom. The quantitative estimate of drug-likeness (QED) is 0.303. The molecule has 4 aromatic rings. The summed E-state index contributed by atoms with van der Waals surface area (Å²) in [5.74, 6) is -0.607. The van der Waals surface area contributed by atoms with E-state index in [4.69, 9.17) is 5.73 Å². The van der Waals surface area contributed by atoms with Crippen LogP contribution in [0, 0.1) is 11.3 Å². The molecule has 36 heavy (non-hydrogen) atoms. The van der Waals surface area contributed by atoms with E-state index in [1.165, 1.54) is 6.42 Å². The zero-order valence-corrected chi connectivity index (χ0v) is 19.8. The molecule has 1 unspecified atom stereocenters. The fourth-order valence-corrected chi connectivity index (χ4v) is 5.20. The van der Waals surface area contributed by atoms with E-state index in [1.54, 1.807) is 24.3 Å². The number of aromatic nitrogens is 1. The molecule has 1 heterocycles. The molecule has 1 amide bonds. The van der Waals surface area contributed by atoms with Crippen molar-refractivity contribution in [1.82, 2.24) is 4.57 Å². The van der Waals surface area contributed by atoms with Crippen LogP contribution in [-0.4, -0.2) is 21.6 Å². The van der Waals surface area contributed by atoms with Crippen molar-refractivity contribution in [2.24, 2.45) is 17.1 Å². The maximum absolute atomic E-state index is 13.5. The maximum atomic E-state index is 13.5. The van der Waals surface area contributed by atoms with Gasteiger partial charge in [-0.1, -0.05) is 48.6 Å². The van der Waals surface area contributed by atoms with Crippen molar-refractivity contribution in [2.75, 3.05) is 5.32 Å². The first-order valence-electron chi connectivity index (χ1n) is 12.2. The summed E-state index contributed by atoms with van der Waals surface area (Å²) >= 11 is 0. The minimum atomic E-state index is -0.944. The SMILES string of the molecule is NCc1cccc(-c2cc(C(=O)Nc3ccccc3CC(=O)O)cc3c2ccn3CC2CC23C=C3)c1. The number of aliphatic carboxylic acids is 1. The van der Waals surface area contributed by atoms with Gasteiger partial charge in [-0.25, -0.2) is 0 Å². The third-order valence-electron chi connectivity index (χ3n) is 7.44. The van der Waals surface area contributed by atoms with E-state index in [0.29, 0.717) is 34.7 Å². The summed E-state index contributed by atoms with van der Waals surface area (Å²) < 4.78 is 2.25. The first-order chi connectivity index (χ1) is 17.5. The molecule has 2 aliphatic carbocycles. The molecule has 1 atom stereocenters. The number of benzene rings is 3. The highest BCUT2D eigenvalue weighted by Crippen LogP contribution is 2.64. The van der Waals surface area contributed by atoms with Crippen LogP contribution in [0.25, 0.3) is 22.0 Å². The number of nitrogens with one attached hydrogen (secondary N) is 1. The smallest absolute Gasteiger partial charge is 0.307 e. The van der Waals surface area contributed by atoms with E-state index in [0.717, 1.165) is 34.1 Å². The highest BCUT2D eigenvalue weighted by atomic mass is 16.4. The Balaban J connectivity index is 1.41. The molecular weight excluding hydrogens is 450 g/mol. The fraction of sp³-hybridized carbons (Fsp3) is 0.200. The lowest BCUT2D eigenvalue weighted by Gasteiger charge is -2.14. The average molecular weight is 478 g/mol. The van der Waals surface area contributed by atoms with Gasteiger partial charge >= 0.3 is 5.97 Å². The minimum absolute atomic E-state index is 0.160. The first-order valence-corrected chi connectivity index (χ1v) is 12.2. The number of carbonyl (C=O) groups excluding carboxylic acids is 1. The van der Waals surface area contributed by atoms with Crippen LogP contribution in [0.1, 0.15) is 27.9 Å². The number of amides is 1. The van der Waals surface area contributed by atoms with Crippen LogP contribution >= 0.6 is 0 Å². The molecule has 180 valence electrons. The number of para-hydroxylation sites is 1. The summed E-state index contributed by atoms with van der Waals surface area (Å²) in [7, 11) is 0. The number of rotatable bonds is 8. The maximum Gasteiger partial charge on any atom is 0.307 e. The van der Waals surface area contributed by atoms with Crippen molar-refractivity contribution in [3.8, 4) is 11.1 Å². The normalized spacial score (nSPS) is 16.9. The minimum Gasteiger partial charge on any atom is -0.481 e. The van der Waals surface area contributed by atoms with Crippen molar-refractivity contribution >= 4 is 28.5 Å². The van der Waals surface area contributed by atoms with Gasteiger partial charge in [0.1, 0.15) is 0 Å². The Morgan fingerprint density at radius 3 is 2.64 bits per heavy atom. The molecule has 6 rings (SSSR count). The van der Waals surface area contributed by atoms with E-state index < -0.39 is 5.97 Å². The zero-order valence-electron chi connectivity index (χ0n) is 19.8. The van der Waals surface area contributed by atoms with Gasteiger partial charge < -0.3 is 20.7 Å². The standard InChI is InChI=1S/C30H27N3O3/c31-17-19-4-3-6-20(12-19)25-13-22(29(36)32-26-7-2-1-5-21(26)15-28(34)35)14-27-24(25)8-11-33(27)18-23-16-30(23)9-10-30/h1-14,23H,15-18,31H2,(H,32,36)(H,34,35). The molecule has 3 aromatic carbocycles. The van der Waals surface area contributed by atoms with Gasteiger partial charge in [0.05, 0.1) is 6.42 Å².